The van der Waals surface area contributed by atoms with Crippen LogP contribution in [0.5, 0.6) is 0 Å². The molecule has 0 aromatic carbocycles. The highest BCUT2D eigenvalue weighted by atomic mass is 32.2. The summed E-state index contributed by atoms with van der Waals surface area (Å²) in [7, 11) is 0. The Balaban J connectivity index is 1.65. The van der Waals surface area contributed by atoms with Crippen molar-refractivity contribution < 1.29 is 13.9 Å². The number of nitrogens with two attached hydrogens (primary N) is 1. The molecule has 1 aromatic heterocycles. The summed E-state index contributed by atoms with van der Waals surface area (Å²) in [6.45, 7) is 10.8. The van der Waals surface area contributed by atoms with Gasteiger partial charge in [0.2, 0.25) is 0 Å². The Morgan fingerprint density at radius 2 is 2.26 bits per heavy atom. The van der Waals surface area contributed by atoms with Gasteiger partial charge in [-0.25, -0.2) is 9.18 Å². The fraction of sp³-hybridized carbons (Fsp3) is 0.684. The minimum absolute atomic E-state index is 0.128. The van der Waals surface area contributed by atoms with Crippen LogP contribution in [-0.4, -0.2) is 26.8 Å². The summed E-state index contributed by atoms with van der Waals surface area (Å²) in [5.74, 6) is 1.57. The molecule has 2 aliphatic rings. The number of nitrogen functional groups attached to an aromatic ring is 1. The number of anilines is 1. The topological polar surface area (TPSA) is 79.4 Å². The maximum atomic E-state index is 13.7. The molecule has 2 fully saturated rings. The third-order valence-electron chi connectivity index (χ3n) is 5.44. The van der Waals surface area contributed by atoms with Gasteiger partial charge in [0.15, 0.2) is 17.1 Å². The third kappa shape index (κ3) is 4.48. The first-order chi connectivity index (χ1) is 12.8. The van der Waals surface area contributed by atoms with E-state index in [4.69, 9.17) is 15.2 Å². The molecule has 0 bridgehead atoms. The molecule has 3 rings (SSSR count). The van der Waals surface area contributed by atoms with E-state index < -0.39 is 29.0 Å². The van der Waals surface area contributed by atoms with Crippen molar-refractivity contribution in [1.29, 1.82) is 0 Å². The van der Waals surface area contributed by atoms with E-state index in [0.717, 1.165) is 23.6 Å². The van der Waals surface area contributed by atoms with Gasteiger partial charge in [-0.3, -0.25) is 4.57 Å². The number of aromatic nitrogens is 2. The summed E-state index contributed by atoms with van der Waals surface area (Å²) in [6.07, 6.45) is 3.94. The predicted molar refractivity (Wildman–Crippen MR) is 105 cm³/mol. The lowest BCUT2D eigenvalue weighted by molar-refractivity contribution is -0.0423. The monoisotopic (exact) mass is 397 g/mol. The van der Waals surface area contributed by atoms with Crippen LogP contribution in [0.4, 0.5) is 10.2 Å². The Labute approximate surface area is 163 Å². The highest BCUT2D eigenvalue weighted by Crippen LogP contribution is 2.40. The predicted octanol–water partition coefficient (Wildman–Crippen LogP) is 3.54. The minimum atomic E-state index is -0.738. The lowest BCUT2D eigenvalue weighted by Gasteiger charge is -2.38. The second-order valence-corrected chi connectivity index (χ2v) is 8.96. The van der Waals surface area contributed by atoms with Crippen LogP contribution in [-0.2, 0) is 9.47 Å². The Morgan fingerprint density at radius 1 is 1.52 bits per heavy atom. The van der Waals surface area contributed by atoms with E-state index in [0.29, 0.717) is 29.3 Å². The number of hydrogen-bond donors (Lipinski definition) is 1. The molecule has 1 aliphatic heterocycles. The van der Waals surface area contributed by atoms with E-state index in [1.165, 1.54) is 18.2 Å². The van der Waals surface area contributed by atoms with Gasteiger partial charge < -0.3 is 15.2 Å². The second kappa shape index (κ2) is 8.22. The van der Waals surface area contributed by atoms with Crippen LogP contribution < -0.4 is 11.4 Å². The zero-order valence-electron chi connectivity index (χ0n) is 16.1. The highest BCUT2D eigenvalue weighted by Gasteiger charge is 2.36. The Hall–Kier alpha value is -1.54. The molecule has 1 aromatic rings. The second-order valence-electron chi connectivity index (χ2n) is 7.87. The van der Waals surface area contributed by atoms with Crippen LogP contribution in [0.25, 0.3) is 0 Å². The zero-order chi connectivity index (χ0) is 19.7. The van der Waals surface area contributed by atoms with Crippen molar-refractivity contribution in [2.45, 2.75) is 57.8 Å². The zero-order valence-corrected chi connectivity index (χ0v) is 16.9. The lowest BCUT2D eigenvalue weighted by atomic mass is 9.75. The van der Waals surface area contributed by atoms with Gasteiger partial charge in [-0.05, 0) is 30.6 Å². The standard InChI is InChI=1S/C19H28FN3O3S/c1-10(2)13-6-5-11(3)7-15(13)25-12(4)18-26-16(9-27-18)23-8-14(20)17(21)22-19(23)24/h8,10-11,13,15-16,18H,4-7,9H2,1-3H3,(H2,21,22,24)/t11-,13?,15-,16?,18-/m1/s1. The van der Waals surface area contributed by atoms with Crippen LogP contribution in [0.2, 0.25) is 0 Å². The molecule has 0 radical (unpaired) electrons. The van der Waals surface area contributed by atoms with Crippen LogP contribution >= 0.6 is 11.8 Å². The molecule has 0 amide bonds. The summed E-state index contributed by atoms with van der Waals surface area (Å²) in [6, 6.07) is 0. The van der Waals surface area contributed by atoms with E-state index in [-0.39, 0.29) is 6.10 Å². The van der Waals surface area contributed by atoms with E-state index in [2.05, 4.69) is 32.3 Å². The number of thioether (sulfide) groups is 1. The van der Waals surface area contributed by atoms with E-state index >= 15 is 0 Å². The average molecular weight is 398 g/mol. The highest BCUT2D eigenvalue weighted by molar-refractivity contribution is 8.00. The first-order valence-corrected chi connectivity index (χ1v) is 10.5. The van der Waals surface area contributed by atoms with Crippen molar-refractivity contribution in [3.05, 3.63) is 34.8 Å². The number of rotatable bonds is 5. The molecule has 2 N–H and O–H groups in total. The molecule has 2 heterocycles. The van der Waals surface area contributed by atoms with Crippen molar-refractivity contribution in [2.75, 3.05) is 11.5 Å². The normalized spacial score (nSPS) is 31.2. The Kier molecular flexibility index (Phi) is 6.15. The van der Waals surface area contributed by atoms with Gasteiger partial charge in [-0.1, -0.05) is 33.8 Å². The molecule has 6 nitrogen and oxygen atoms in total. The van der Waals surface area contributed by atoms with Gasteiger partial charge in [0, 0.05) is 5.75 Å². The van der Waals surface area contributed by atoms with Gasteiger partial charge in [0.1, 0.15) is 18.1 Å². The maximum absolute atomic E-state index is 13.7. The number of ether oxygens (including phenoxy) is 2. The fourth-order valence-electron chi connectivity index (χ4n) is 3.87. The van der Waals surface area contributed by atoms with Crippen LogP contribution in [0, 0.1) is 23.6 Å². The number of halogens is 1. The van der Waals surface area contributed by atoms with Gasteiger partial charge in [0.25, 0.3) is 0 Å². The SMILES string of the molecule is C=C(O[C@@H]1C[C@H](C)CCC1C(C)C)[C@@H]1OC(n2cc(F)c(N)nc2=O)CS1. The molecule has 0 spiro atoms. The summed E-state index contributed by atoms with van der Waals surface area (Å²) in [4.78, 5) is 15.5. The molecule has 2 unspecified atom stereocenters. The molecule has 1 saturated carbocycles. The Morgan fingerprint density at radius 3 is 2.96 bits per heavy atom. The molecule has 1 aliphatic carbocycles. The van der Waals surface area contributed by atoms with Crippen molar-refractivity contribution in [3.63, 3.8) is 0 Å². The molecular formula is C19H28FN3O3S. The van der Waals surface area contributed by atoms with Crippen molar-refractivity contribution in [2.24, 2.45) is 17.8 Å². The number of hydrogen-bond acceptors (Lipinski definition) is 6. The lowest BCUT2D eigenvalue weighted by Crippen LogP contribution is -2.35. The Bertz CT molecular complexity index is 754. The molecule has 1 saturated heterocycles. The summed E-state index contributed by atoms with van der Waals surface area (Å²) < 4.78 is 27.0. The summed E-state index contributed by atoms with van der Waals surface area (Å²) in [5, 5.41) is 0. The minimum Gasteiger partial charge on any atom is -0.491 e. The van der Waals surface area contributed by atoms with Gasteiger partial charge in [-0.15, -0.1) is 11.8 Å². The quantitative estimate of drug-likeness (QED) is 0.766. The first kappa shape index (κ1) is 20.2. The van der Waals surface area contributed by atoms with Crippen LogP contribution in [0.1, 0.15) is 46.3 Å². The summed E-state index contributed by atoms with van der Waals surface area (Å²) in [5.41, 5.74) is 4.31. The van der Waals surface area contributed by atoms with E-state index in [1.54, 1.807) is 0 Å². The largest absolute Gasteiger partial charge is 0.491 e. The molecule has 5 atom stereocenters. The van der Waals surface area contributed by atoms with Crippen molar-refractivity contribution in [3.8, 4) is 0 Å². The van der Waals surface area contributed by atoms with Crippen molar-refractivity contribution >= 4 is 17.6 Å². The maximum Gasteiger partial charge on any atom is 0.351 e. The van der Waals surface area contributed by atoms with Crippen molar-refractivity contribution in [1.82, 2.24) is 9.55 Å². The van der Waals surface area contributed by atoms with Gasteiger partial charge >= 0.3 is 5.69 Å². The van der Waals surface area contributed by atoms with E-state index in [9.17, 15) is 9.18 Å². The molecule has 27 heavy (non-hydrogen) atoms. The molecular weight excluding hydrogens is 369 g/mol. The average Bonchev–Trinajstić information content (AvgIpc) is 3.08. The number of nitrogens with zero attached hydrogens (tertiary/aromatic N) is 2. The smallest absolute Gasteiger partial charge is 0.351 e. The first-order valence-electron chi connectivity index (χ1n) is 9.43. The van der Waals surface area contributed by atoms with Gasteiger partial charge in [-0.2, -0.15) is 4.98 Å². The molecule has 150 valence electrons. The fourth-order valence-corrected chi connectivity index (χ4v) is 4.90. The third-order valence-corrected chi connectivity index (χ3v) is 6.60. The molecule has 8 heteroatoms. The summed E-state index contributed by atoms with van der Waals surface area (Å²) >= 11 is 1.48. The van der Waals surface area contributed by atoms with Crippen LogP contribution in [0.3, 0.4) is 0 Å². The van der Waals surface area contributed by atoms with Gasteiger partial charge in [0.05, 0.1) is 6.20 Å². The van der Waals surface area contributed by atoms with Crippen LogP contribution in [0.15, 0.2) is 23.3 Å². The van der Waals surface area contributed by atoms with E-state index in [1.807, 2.05) is 0 Å².